The van der Waals surface area contributed by atoms with E-state index in [1.807, 2.05) is 30.5 Å². The van der Waals surface area contributed by atoms with Gasteiger partial charge in [-0.1, -0.05) is 31.5 Å². The molecule has 3 rings (SSSR count). The number of hydrogen-bond acceptors (Lipinski definition) is 6. The molecule has 3 aromatic rings. The van der Waals surface area contributed by atoms with Crippen LogP contribution in [-0.4, -0.2) is 33.4 Å². The zero-order chi connectivity index (χ0) is 21.0. The number of pyridine rings is 2. The quantitative estimate of drug-likeness (QED) is 0.365. The van der Waals surface area contributed by atoms with Crippen LogP contribution in [0.1, 0.15) is 24.2 Å². The Balaban J connectivity index is 1.99. The SMILES string of the molecule is COc1c(Nc2cc(Cl)ncc2C(=O)O)cccc1-c1ccc(SC(C)C)cn1. The number of rotatable bonds is 7. The molecule has 2 aromatic heterocycles. The number of methoxy groups -OCH3 is 1. The van der Waals surface area contributed by atoms with Crippen molar-refractivity contribution in [1.29, 1.82) is 0 Å². The summed E-state index contributed by atoms with van der Waals surface area (Å²) in [5, 5.41) is 13.2. The Kier molecular flexibility index (Phi) is 6.61. The Morgan fingerprint density at radius 1 is 1.17 bits per heavy atom. The fourth-order valence-corrected chi connectivity index (χ4v) is 3.75. The number of nitrogens with zero attached hydrogens (tertiary/aromatic N) is 2. The molecule has 6 nitrogen and oxygen atoms in total. The first-order chi connectivity index (χ1) is 13.9. The highest BCUT2D eigenvalue weighted by Gasteiger charge is 2.16. The zero-order valence-electron chi connectivity index (χ0n) is 16.1. The van der Waals surface area contributed by atoms with E-state index in [0.29, 0.717) is 22.4 Å². The molecule has 2 heterocycles. The van der Waals surface area contributed by atoms with E-state index in [4.69, 9.17) is 16.3 Å². The highest BCUT2D eigenvalue weighted by molar-refractivity contribution is 7.99. The second-order valence-electron chi connectivity index (χ2n) is 6.41. The van der Waals surface area contributed by atoms with Crippen molar-refractivity contribution in [3.05, 3.63) is 59.5 Å². The molecular formula is C21H20ClN3O3S. The van der Waals surface area contributed by atoms with Gasteiger partial charge < -0.3 is 15.2 Å². The molecular weight excluding hydrogens is 410 g/mol. The fraction of sp³-hybridized carbons (Fsp3) is 0.190. The van der Waals surface area contributed by atoms with E-state index in [1.165, 1.54) is 12.3 Å². The molecule has 0 unspecified atom stereocenters. The van der Waals surface area contributed by atoms with Crippen molar-refractivity contribution in [1.82, 2.24) is 9.97 Å². The van der Waals surface area contributed by atoms with Gasteiger partial charge in [0.15, 0.2) is 5.75 Å². The van der Waals surface area contributed by atoms with Crippen LogP contribution in [-0.2, 0) is 0 Å². The van der Waals surface area contributed by atoms with Crippen LogP contribution in [0, 0.1) is 0 Å². The summed E-state index contributed by atoms with van der Waals surface area (Å²) < 4.78 is 5.62. The van der Waals surface area contributed by atoms with E-state index in [2.05, 4.69) is 29.1 Å². The Morgan fingerprint density at radius 3 is 2.59 bits per heavy atom. The Labute approximate surface area is 178 Å². The van der Waals surface area contributed by atoms with Gasteiger partial charge in [-0.2, -0.15) is 0 Å². The van der Waals surface area contributed by atoms with Crippen LogP contribution < -0.4 is 10.1 Å². The first-order valence-corrected chi connectivity index (χ1v) is 10.1. The van der Waals surface area contributed by atoms with Crippen LogP contribution in [0.5, 0.6) is 5.75 Å². The predicted octanol–water partition coefficient (Wildman–Crippen LogP) is 5.75. The molecule has 0 spiro atoms. The van der Waals surface area contributed by atoms with E-state index >= 15 is 0 Å². The number of aromatic nitrogens is 2. The predicted molar refractivity (Wildman–Crippen MR) is 117 cm³/mol. The third-order valence-corrected chi connectivity index (χ3v) is 5.17. The minimum atomic E-state index is -1.10. The molecule has 8 heteroatoms. The maximum Gasteiger partial charge on any atom is 0.339 e. The maximum atomic E-state index is 11.5. The lowest BCUT2D eigenvalue weighted by Crippen LogP contribution is -2.05. The van der Waals surface area contributed by atoms with E-state index in [0.717, 1.165) is 16.2 Å². The topological polar surface area (TPSA) is 84.3 Å². The molecule has 29 heavy (non-hydrogen) atoms. The van der Waals surface area contributed by atoms with Crippen LogP contribution in [0.3, 0.4) is 0 Å². The molecule has 1 aromatic carbocycles. The summed E-state index contributed by atoms with van der Waals surface area (Å²) >= 11 is 7.69. The van der Waals surface area contributed by atoms with Crippen LogP contribution in [0.2, 0.25) is 5.15 Å². The highest BCUT2D eigenvalue weighted by Crippen LogP contribution is 2.38. The summed E-state index contributed by atoms with van der Waals surface area (Å²) in [7, 11) is 1.56. The second-order valence-corrected chi connectivity index (χ2v) is 8.45. The molecule has 0 saturated heterocycles. The maximum absolute atomic E-state index is 11.5. The van der Waals surface area contributed by atoms with Crippen LogP contribution in [0.15, 0.2) is 53.7 Å². The molecule has 150 valence electrons. The van der Waals surface area contributed by atoms with Crippen molar-refractivity contribution in [2.24, 2.45) is 0 Å². The van der Waals surface area contributed by atoms with Gasteiger partial charge in [0.2, 0.25) is 0 Å². The summed E-state index contributed by atoms with van der Waals surface area (Å²) in [5.41, 5.74) is 2.47. The van der Waals surface area contributed by atoms with Gasteiger partial charge in [0.05, 0.1) is 24.2 Å². The highest BCUT2D eigenvalue weighted by atomic mass is 35.5. The summed E-state index contributed by atoms with van der Waals surface area (Å²) in [6, 6.07) is 11.0. The lowest BCUT2D eigenvalue weighted by molar-refractivity contribution is 0.0697. The van der Waals surface area contributed by atoms with Crippen molar-refractivity contribution < 1.29 is 14.6 Å². The van der Waals surface area contributed by atoms with Gasteiger partial charge in [-0.3, -0.25) is 4.98 Å². The van der Waals surface area contributed by atoms with Gasteiger partial charge in [-0.15, -0.1) is 11.8 Å². The van der Waals surface area contributed by atoms with Gasteiger partial charge in [0, 0.05) is 28.1 Å². The molecule has 0 aliphatic carbocycles. The number of ether oxygens (including phenoxy) is 1. The summed E-state index contributed by atoms with van der Waals surface area (Å²) in [5.74, 6) is -0.555. The number of anilines is 2. The van der Waals surface area contributed by atoms with E-state index in [1.54, 1.807) is 24.9 Å². The second kappa shape index (κ2) is 9.15. The lowest BCUT2D eigenvalue weighted by atomic mass is 10.1. The van der Waals surface area contributed by atoms with Crippen molar-refractivity contribution in [3.63, 3.8) is 0 Å². The Morgan fingerprint density at radius 2 is 1.97 bits per heavy atom. The third-order valence-electron chi connectivity index (χ3n) is 3.97. The van der Waals surface area contributed by atoms with Gasteiger partial charge in [-0.25, -0.2) is 9.78 Å². The van der Waals surface area contributed by atoms with Crippen LogP contribution >= 0.6 is 23.4 Å². The van der Waals surface area contributed by atoms with Crippen molar-refractivity contribution in [2.75, 3.05) is 12.4 Å². The van der Waals surface area contributed by atoms with Crippen molar-refractivity contribution >= 4 is 40.7 Å². The van der Waals surface area contributed by atoms with Crippen molar-refractivity contribution in [3.8, 4) is 17.0 Å². The molecule has 0 radical (unpaired) electrons. The molecule has 2 N–H and O–H groups in total. The van der Waals surface area contributed by atoms with Crippen LogP contribution in [0.25, 0.3) is 11.3 Å². The van der Waals surface area contributed by atoms with Crippen LogP contribution in [0.4, 0.5) is 11.4 Å². The minimum absolute atomic E-state index is 0.00930. The lowest BCUT2D eigenvalue weighted by Gasteiger charge is -2.16. The summed E-state index contributed by atoms with van der Waals surface area (Å²) in [6.07, 6.45) is 3.06. The molecule has 0 atom stereocenters. The molecule has 0 bridgehead atoms. The smallest absolute Gasteiger partial charge is 0.339 e. The van der Waals surface area contributed by atoms with E-state index in [-0.39, 0.29) is 10.7 Å². The Hall–Kier alpha value is -2.77. The average Bonchev–Trinajstić information content (AvgIpc) is 2.68. The van der Waals surface area contributed by atoms with E-state index in [9.17, 15) is 9.90 Å². The molecule has 0 amide bonds. The largest absolute Gasteiger partial charge is 0.494 e. The molecule has 0 aliphatic heterocycles. The number of hydrogen-bond donors (Lipinski definition) is 2. The number of halogens is 1. The zero-order valence-corrected chi connectivity index (χ0v) is 17.7. The number of carbonyl (C=O) groups is 1. The standard InChI is InChI=1S/C21H20ClN3O3S/c1-12(2)29-13-7-8-16(23-10-13)14-5-4-6-17(20(14)28-3)25-18-9-19(22)24-11-15(18)21(26)27/h4-12H,1-3H3,(H,24,25)(H,26,27). The van der Waals surface area contributed by atoms with Gasteiger partial charge >= 0.3 is 5.97 Å². The average molecular weight is 430 g/mol. The third kappa shape index (κ3) is 4.99. The Bertz CT molecular complexity index is 1030. The monoisotopic (exact) mass is 429 g/mol. The number of carboxylic acids is 1. The van der Waals surface area contributed by atoms with Crippen molar-refractivity contribution in [2.45, 2.75) is 24.0 Å². The molecule has 0 fully saturated rings. The van der Waals surface area contributed by atoms with Gasteiger partial charge in [-0.05, 0) is 30.3 Å². The molecule has 0 saturated carbocycles. The minimum Gasteiger partial charge on any atom is -0.494 e. The van der Waals surface area contributed by atoms with Gasteiger partial charge in [0.25, 0.3) is 0 Å². The number of para-hydroxylation sites is 1. The summed E-state index contributed by atoms with van der Waals surface area (Å²) in [4.78, 5) is 21.0. The first-order valence-electron chi connectivity index (χ1n) is 8.85. The fourth-order valence-electron chi connectivity index (χ4n) is 2.79. The normalized spacial score (nSPS) is 10.8. The van der Waals surface area contributed by atoms with Gasteiger partial charge in [0.1, 0.15) is 10.7 Å². The number of benzene rings is 1. The molecule has 0 aliphatic rings. The number of carboxylic acid groups (broad SMARTS) is 1. The first kappa shape index (κ1) is 21.0. The van der Waals surface area contributed by atoms with E-state index < -0.39 is 5.97 Å². The summed E-state index contributed by atoms with van der Waals surface area (Å²) in [6.45, 7) is 4.26. The number of thioether (sulfide) groups is 1. The number of nitrogens with one attached hydrogen (secondary N) is 1. The number of aromatic carboxylic acids is 1.